The standard InChI is InChI=1S/C31H44FN5O3/c1-3-23(38)7-5-4-6-8-26(35-30(39)25-20-31(25)10-13-36(2)14-11-31)27-19-22(21-34-27)24-9-12-33-29(28(24)32)37-15-17-40-18-16-37/h9,12,21,25-26H,3-8,10-11,13-20H2,1-2H3,(H,35,39)/t25-,26+/m1/s1. The number of ketones is 1. The first-order valence-electron chi connectivity index (χ1n) is 15.1. The molecule has 0 bridgehead atoms. The van der Waals surface area contributed by atoms with Gasteiger partial charge in [-0.05, 0) is 69.3 Å². The zero-order valence-corrected chi connectivity index (χ0v) is 24.1. The molecule has 218 valence electrons. The Morgan fingerprint density at radius 1 is 1.18 bits per heavy atom. The molecule has 2 atom stereocenters. The second-order valence-electron chi connectivity index (χ2n) is 12.0. The Kier molecular flexibility index (Phi) is 9.31. The molecular weight excluding hydrogens is 509 g/mol. The van der Waals surface area contributed by atoms with Gasteiger partial charge in [-0.15, -0.1) is 0 Å². The lowest BCUT2D eigenvalue weighted by Crippen LogP contribution is -2.43. The lowest BCUT2D eigenvalue weighted by molar-refractivity contribution is -0.123. The number of amides is 1. The number of ether oxygens (including phenoxy) is 1. The highest BCUT2D eigenvalue weighted by atomic mass is 19.1. The van der Waals surface area contributed by atoms with E-state index in [0.29, 0.717) is 62.7 Å². The van der Waals surface area contributed by atoms with Crippen molar-refractivity contribution in [3.05, 3.63) is 29.8 Å². The van der Waals surface area contributed by atoms with E-state index >= 15 is 4.39 Å². The average Bonchev–Trinajstić information content (AvgIpc) is 3.46. The fourth-order valence-electron chi connectivity index (χ4n) is 6.45. The molecule has 3 fully saturated rings. The number of rotatable bonds is 12. The third kappa shape index (κ3) is 6.62. The van der Waals surface area contributed by atoms with Gasteiger partial charge in [0.1, 0.15) is 5.78 Å². The lowest BCUT2D eigenvalue weighted by atomic mass is 9.90. The number of aliphatic imine (C=N–C) groups is 1. The number of halogens is 1. The van der Waals surface area contributed by atoms with Gasteiger partial charge in [0.2, 0.25) is 5.91 Å². The molecule has 9 heteroatoms. The number of unbranched alkanes of at least 4 members (excludes halogenated alkanes) is 2. The van der Waals surface area contributed by atoms with Crippen molar-refractivity contribution in [3.63, 3.8) is 0 Å². The van der Waals surface area contributed by atoms with E-state index in [1.807, 2.05) is 11.8 Å². The van der Waals surface area contributed by atoms with E-state index in [0.717, 1.165) is 69.3 Å². The van der Waals surface area contributed by atoms with E-state index in [1.165, 1.54) is 0 Å². The van der Waals surface area contributed by atoms with Crippen LogP contribution in [0.3, 0.4) is 0 Å². The topological polar surface area (TPSA) is 87.1 Å². The van der Waals surface area contributed by atoms with E-state index in [2.05, 4.69) is 22.2 Å². The summed E-state index contributed by atoms with van der Waals surface area (Å²) in [6, 6.07) is 1.53. The maximum Gasteiger partial charge on any atom is 0.224 e. The van der Waals surface area contributed by atoms with Crippen molar-refractivity contribution >= 4 is 28.8 Å². The highest BCUT2D eigenvalue weighted by Crippen LogP contribution is 2.59. The minimum atomic E-state index is -0.324. The van der Waals surface area contributed by atoms with Gasteiger partial charge in [0.25, 0.3) is 0 Å². The van der Waals surface area contributed by atoms with Crippen molar-refractivity contribution in [1.29, 1.82) is 0 Å². The van der Waals surface area contributed by atoms with E-state index in [-0.39, 0.29) is 29.1 Å². The van der Waals surface area contributed by atoms with Crippen molar-refractivity contribution in [2.75, 3.05) is 51.3 Å². The molecule has 40 heavy (non-hydrogen) atoms. The Morgan fingerprint density at radius 3 is 2.70 bits per heavy atom. The largest absolute Gasteiger partial charge is 0.378 e. The summed E-state index contributed by atoms with van der Waals surface area (Å²) >= 11 is 0. The molecule has 1 N–H and O–H groups in total. The van der Waals surface area contributed by atoms with Crippen LogP contribution in [0, 0.1) is 17.2 Å². The molecule has 0 radical (unpaired) electrons. The molecule has 5 rings (SSSR count). The van der Waals surface area contributed by atoms with Crippen molar-refractivity contribution in [2.45, 2.75) is 77.2 Å². The summed E-state index contributed by atoms with van der Waals surface area (Å²) in [5.74, 6) is 0.548. The first kappa shape index (κ1) is 28.9. The number of Topliss-reactive ketones (excluding diaryl/α,β-unsaturated/α-hetero) is 1. The third-order valence-electron chi connectivity index (χ3n) is 9.34. The number of aromatic nitrogens is 1. The molecule has 0 aromatic carbocycles. The number of hydrogen-bond donors (Lipinski definition) is 1. The highest BCUT2D eigenvalue weighted by molar-refractivity contribution is 6.03. The molecule has 1 aromatic rings. The van der Waals surface area contributed by atoms with Gasteiger partial charge in [0.05, 0.1) is 19.3 Å². The van der Waals surface area contributed by atoms with E-state index in [1.54, 1.807) is 18.5 Å². The molecule has 1 saturated carbocycles. The van der Waals surface area contributed by atoms with Crippen LogP contribution in [0.5, 0.6) is 0 Å². The van der Waals surface area contributed by atoms with Crippen molar-refractivity contribution in [2.24, 2.45) is 16.3 Å². The summed E-state index contributed by atoms with van der Waals surface area (Å²) < 4.78 is 21.1. The van der Waals surface area contributed by atoms with Crippen LogP contribution in [0.15, 0.2) is 23.5 Å². The molecule has 4 heterocycles. The summed E-state index contributed by atoms with van der Waals surface area (Å²) in [4.78, 5) is 38.5. The fourth-order valence-corrected chi connectivity index (χ4v) is 6.45. The third-order valence-corrected chi connectivity index (χ3v) is 9.34. The smallest absolute Gasteiger partial charge is 0.224 e. The number of piperidine rings is 1. The Hall–Kier alpha value is -2.65. The first-order valence-corrected chi connectivity index (χ1v) is 15.1. The van der Waals surface area contributed by atoms with Crippen LogP contribution < -0.4 is 10.2 Å². The molecule has 8 nitrogen and oxygen atoms in total. The first-order chi connectivity index (χ1) is 19.4. The molecular formula is C31H44FN5O3. The predicted octanol–water partition coefficient (Wildman–Crippen LogP) is 4.39. The van der Waals surface area contributed by atoms with Gasteiger partial charge in [0.15, 0.2) is 11.6 Å². The SMILES string of the molecule is CCC(=O)CCCCC[C@H](NC(=O)[C@H]1CC12CCN(C)CC2)C1=NC=C(c2ccnc(N3CCOCC3)c2F)C1. The number of carbonyl (C=O) groups is 2. The molecule has 1 aromatic heterocycles. The second kappa shape index (κ2) is 12.9. The molecule has 1 amide bonds. The van der Waals surface area contributed by atoms with Crippen molar-refractivity contribution < 1.29 is 18.7 Å². The Balaban J connectivity index is 1.23. The number of nitrogens with zero attached hydrogens (tertiary/aromatic N) is 4. The van der Waals surface area contributed by atoms with Gasteiger partial charge >= 0.3 is 0 Å². The number of likely N-dealkylation sites (tertiary alicyclic amines) is 1. The molecule has 4 aliphatic rings. The van der Waals surface area contributed by atoms with Crippen LogP contribution in [0.4, 0.5) is 10.2 Å². The molecule has 1 aliphatic carbocycles. The highest BCUT2D eigenvalue weighted by Gasteiger charge is 2.58. The zero-order chi connectivity index (χ0) is 28.1. The summed E-state index contributed by atoms with van der Waals surface area (Å²) in [5.41, 5.74) is 2.38. The maximum absolute atomic E-state index is 15.6. The normalized spacial score (nSPS) is 23.1. The average molecular weight is 554 g/mol. The molecule has 1 spiro atoms. The number of anilines is 1. The minimum absolute atomic E-state index is 0.0778. The van der Waals surface area contributed by atoms with Crippen LogP contribution in [0.1, 0.15) is 76.7 Å². The quantitative estimate of drug-likeness (QED) is 0.387. The van der Waals surface area contributed by atoms with E-state index < -0.39 is 0 Å². The summed E-state index contributed by atoms with van der Waals surface area (Å²) in [6.45, 7) is 6.36. The van der Waals surface area contributed by atoms with Gasteiger partial charge in [-0.1, -0.05) is 19.8 Å². The van der Waals surface area contributed by atoms with Gasteiger partial charge in [-0.3, -0.25) is 14.6 Å². The Bertz CT molecular complexity index is 1140. The van der Waals surface area contributed by atoms with E-state index in [9.17, 15) is 9.59 Å². The van der Waals surface area contributed by atoms with Gasteiger partial charge in [-0.25, -0.2) is 9.37 Å². The summed E-state index contributed by atoms with van der Waals surface area (Å²) in [5, 5.41) is 3.35. The number of nitrogens with one attached hydrogen (secondary N) is 1. The predicted molar refractivity (Wildman–Crippen MR) is 155 cm³/mol. The Morgan fingerprint density at radius 2 is 1.95 bits per heavy atom. The maximum atomic E-state index is 15.6. The molecule has 3 aliphatic heterocycles. The number of carbonyl (C=O) groups excluding carboxylic acids is 2. The van der Waals surface area contributed by atoms with E-state index in [4.69, 9.17) is 9.73 Å². The number of pyridine rings is 1. The number of morpholine rings is 1. The van der Waals surface area contributed by atoms with Crippen molar-refractivity contribution in [3.8, 4) is 0 Å². The van der Waals surface area contributed by atoms with Crippen LogP contribution in [0.25, 0.3) is 5.57 Å². The number of allylic oxidation sites excluding steroid dienone is 1. The van der Waals surface area contributed by atoms with Crippen LogP contribution in [0.2, 0.25) is 0 Å². The fraction of sp³-hybridized carbons (Fsp3) is 0.677. The summed E-state index contributed by atoms with van der Waals surface area (Å²) in [6.07, 6.45) is 11.7. The van der Waals surface area contributed by atoms with Crippen LogP contribution in [-0.4, -0.2) is 79.8 Å². The molecule has 0 unspecified atom stereocenters. The minimum Gasteiger partial charge on any atom is -0.378 e. The molecule has 2 saturated heterocycles. The van der Waals surface area contributed by atoms with Crippen LogP contribution in [-0.2, 0) is 14.3 Å². The second-order valence-corrected chi connectivity index (χ2v) is 12.0. The monoisotopic (exact) mass is 553 g/mol. The van der Waals surface area contributed by atoms with Gasteiger partial charge in [-0.2, -0.15) is 0 Å². The number of hydrogen-bond acceptors (Lipinski definition) is 7. The summed E-state index contributed by atoms with van der Waals surface area (Å²) in [7, 11) is 2.15. The Labute approximate surface area is 237 Å². The van der Waals surface area contributed by atoms with Gasteiger partial charge < -0.3 is 19.9 Å². The van der Waals surface area contributed by atoms with Gasteiger partial charge in [0, 0.05) is 61.9 Å². The van der Waals surface area contributed by atoms with Crippen LogP contribution >= 0.6 is 0 Å². The van der Waals surface area contributed by atoms with Crippen molar-refractivity contribution in [1.82, 2.24) is 15.2 Å². The zero-order valence-electron chi connectivity index (χ0n) is 24.1. The lowest BCUT2D eigenvalue weighted by Gasteiger charge is -2.30.